The number of hydrogen-bond acceptors (Lipinski definition) is 4. The number of thiophene rings is 1. The van der Waals surface area contributed by atoms with Crippen LogP contribution in [0.15, 0.2) is 24.3 Å². The van der Waals surface area contributed by atoms with Crippen molar-refractivity contribution >= 4 is 27.4 Å². The van der Waals surface area contributed by atoms with Crippen LogP contribution < -0.4 is 0 Å². The Balaban J connectivity index is 2.00. The number of carbonyl (C=O) groups is 1. The fourth-order valence-electron chi connectivity index (χ4n) is 2.61. The van der Waals surface area contributed by atoms with Crippen molar-refractivity contribution in [1.82, 2.24) is 4.90 Å². The molecule has 1 aromatic heterocycles. The first-order valence-corrected chi connectivity index (χ1v) is 7.11. The number of carboxylic acids is 1. The van der Waals surface area contributed by atoms with Crippen molar-refractivity contribution in [2.24, 2.45) is 0 Å². The summed E-state index contributed by atoms with van der Waals surface area (Å²) in [6.07, 6.45) is 0.489. The highest BCUT2D eigenvalue weighted by Gasteiger charge is 2.24. The predicted octanol–water partition coefficient (Wildman–Crippen LogP) is 2.17. The molecule has 1 unspecified atom stereocenters. The van der Waals surface area contributed by atoms with Crippen LogP contribution >= 0.6 is 11.3 Å². The van der Waals surface area contributed by atoms with E-state index < -0.39 is 5.97 Å². The van der Waals surface area contributed by atoms with Crippen LogP contribution in [0.3, 0.4) is 0 Å². The number of fused-ring (bicyclic) bond motifs is 1. The fraction of sp³-hybridized carbons (Fsp3) is 0.357. The molecule has 2 aromatic rings. The Morgan fingerprint density at radius 3 is 2.89 bits per heavy atom. The number of nitrogens with zero attached hydrogens (tertiary/aromatic N) is 1. The highest BCUT2D eigenvalue weighted by molar-refractivity contribution is 7.21. The number of carboxylic acid groups (broad SMARTS) is 1. The summed E-state index contributed by atoms with van der Waals surface area (Å²) in [6, 6.07) is 7.78. The zero-order chi connectivity index (χ0) is 13.4. The third-order valence-corrected chi connectivity index (χ3v) is 4.72. The second-order valence-electron chi connectivity index (χ2n) is 4.89. The van der Waals surface area contributed by atoms with E-state index in [1.165, 1.54) is 11.3 Å². The summed E-state index contributed by atoms with van der Waals surface area (Å²) in [6.45, 7) is 2.05. The quantitative estimate of drug-likeness (QED) is 0.902. The van der Waals surface area contributed by atoms with Gasteiger partial charge in [0.1, 0.15) is 4.88 Å². The zero-order valence-corrected chi connectivity index (χ0v) is 11.2. The van der Waals surface area contributed by atoms with Gasteiger partial charge in [0.15, 0.2) is 0 Å². The van der Waals surface area contributed by atoms with Gasteiger partial charge >= 0.3 is 5.97 Å². The summed E-state index contributed by atoms with van der Waals surface area (Å²) in [5.41, 5.74) is 0.877. The SMILES string of the molecule is O=C(O)c1sc2ccccc2c1CN1CCC(O)C1. The smallest absolute Gasteiger partial charge is 0.346 e. The molecule has 2 heterocycles. The molecular formula is C14H15NO3S. The van der Waals surface area contributed by atoms with Crippen molar-refractivity contribution in [1.29, 1.82) is 0 Å². The van der Waals surface area contributed by atoms with Crippen LogP contribution in [-0.2, 0) is 6.54 Å². The molecule has 1 fully saturated rings. The third kappa shape index (κ3) is 2.36. The number of likely N-dealkylation sites (tertiary alicyclic amines) is 1. The molecule has 4 nitrogen and oxygen atoms in total. The van der Waals surface area contributed by atoms with Gasteiger partial charge in [-0.15, -0.1) is 11.3 Å². The van der Waals surface area contributed by atoms with Gasteiger partial charge in [-0.25, -0.2) is 4.79 Å². The molecule has 5 heteroatoms. The van der Waals surface area contributed by atoms with Crippen molar-refractivity contribution < 1.29 is 15.0 Å². The van der Waals surface area contributed by atoms with E-state index in [4.69, 9.17) is 0 Å². The first kappa shape index (κ1) is 12.6. The van der Waals surface area contributed by atoms with Crippen molar-refractivity contribution in [3.05, 3.63) is 34.7 Å². The summed E-state index contributed by atoms with van der Waals surface area (Å²) >= 11 is 1.33. The molecule has 1 aromatic carbocycles. The van der Waals surface area contributed by atoms with Gasteiger partial charge in [0.2, 0.25) is 0 Å². The van der Waals surface area contributed by atoms with E-state index in [-0.39, 0.29) is 6.10 Å². The first-order chi connectivity index (χ1) is 9.15. The average molecular weight is 277 g/mol. The maximum Gasteiger partial charge on any atom is 0.346 e. The van der Waals surface area contributed by atoms with E-state index in [2.05, 4.69) is 4.90 Å². The second kappa shape index (κ2) is 4.92. The lowest BCUT2D eigenvalue weighted by Gasteiger charge is -2.15. The van der Waals surface area contributed by atoms with Crippen molar-refractivity contribution in [3.8, 4) is 0 Å². The molecular weight excluding hydrogens is 262 g/mol. The van der Waals surface area contributed by atoms with Gasteiger partial charge < -0.3 is 10.2 Å². The van der Waals surface area contributed by atoms with Crippen LogP contribution in [0.2, 0.25) is 0 Å². The molecule has 100 valence electrons. The lowest BCUT2D eigenvalue weighted by molar-refractivity contribution is 0.0700. The summed E-state index contributed by atoms with van der Waals surface area (Å²) in [7, 11) is 0. The summed E-state index contributed by atoms with van der Waals surface area (Å²) in [4.78, 5) is 13.9. The fourth-order valence-corrected chi connectivity index (χ4v) is 3.66. The molecule has 0 aliphatic carbocycles. The van der Waals surface area contributed by atoms with Gasteiger partial charge in [-0.3, -0.25) is 4.90 Å². The molecule has 1 aliphatic heterocycles. The molecule has 1 saturated heterocycles. The normalized spacial score (nSPS) is 20.2. The Morgan fingerprint density at radius 1 is 1.42 bits per heavy atom. The molecule has 0 bridgehead atoms. The van der Waals surface area contributed by atoms with Crippen LogP contribution in [-0.4, -0.2) is 40.3 Å². The van der Waals surface area contributed by atoms with Crippen LogP contribution in [0, 0.1) is 0 Å². The van der Waals surface area contributed by atoms with Crippen molar-refractivity contribution in [3.63, 3.8) is 0 Å². The Labute approximate surface area is 114 Å². The maximum atomic E-state index is 11.4. The molecule has 3 rings (SSSR count). The van der Waals surface area contributed by atoms with Gasteiger partial charge in [0, 0.05) is 24.3 Å². The molecule has 1 atom stereocenters. The van der Waals surface area contributed by atoms with Crippen LogP contribution in [0.1, 0.15) is 21.7 Å². The number of aromatic carboxylic acids is 1. The Hall–Kier alpha value is -1.43. The van der Waals surface area contributed by atoms with E-state index in [1.54, 1.807) is 0 Å². The molecule has 19 heavy (non-hydrogen) atoms. The monoisotopic (exact) mass is 277 g/mol. The van der Waals surface area contributed by atoms with Gasteiger partial charge in [-0.05, 0) is 23.4 Å². The molecule has 1 aliphatic rings. The highest BCUT2D eigenvalue weighted by atomic mass is 32.1. The minimum atomic E-state index is -0.865. The van der Waals surface area contributed by atoms with E-state index in [0.29, 0.717) is 18.0 Å². The van der Waals surface area contributed by atoms with E-state index in [0.717, 1.165) is 28.6 Å². The number of aliphatic hydroxyl groups is 1. The second-order valence-corrected chi connectivity index (χ2v) is 5.94. The van der Waals surface area contributed by atoms with E-state index >= 15 is 0 Å². The minimum absolute atomic E-state index is 0.279. The standard InChI is InChI=1S/C14H15NO3S/c16-9-5-6-15(7-9)8-11-10-3-1-2-4-12(10)19-13(11)14(17)18/h1-4,9,16H,5-8H2,(H,17,18). The molecule has 0 radical (unpaired) electrons. The van der Waals surface area contributed by atoms with Crippen LogP contribution in [0.4, 0.5) is 0 Å². The van der Waals surface area contributed by atoms with E-state index in [1.807, 2.05) is 24.3 Å². The van der Waals surface area contributed by atoms with E-state index in [9.17, 15) is 15.0 Å². The Morgan fingerprint density at radius 2 is 2.21 bits per heavy atom. The van der Waals surface area contributed by atoms with Crippen LogP contribution in [0.25, 0.3) is 10.1 Å². The summed E-state index contributed by atoms with van der Waals surface area (Å²) in [5, 5.41) is 19.9. The van der Waals surface area contributed by atoms with Gasteiger partial charge in [0.05, 0.1) is 6.10 Å². The number of aliphatic hydroxyl groups excluding tert-OH is 1. The average Bonchev–Trinajstić information content (AvgIpc) is 2.95. The lowest BCUT2D eigenvalue weighted by atomic mass is 10.1. The molecule has 0 spiro atoms. The van der Waals surface area contributed by atoms with Gasteiger partial charge in [-0.2, -0.15) is 0 Å². The number of benzene rings is 1. The van der Waals surface area contributed by atoms with Crippen molar-refractivity contribution in [2.75, 3.05) is 13.1 Å². The number of rotatable bonds is 3. The first-order valence-electron chi connectivity index (χ1n) is 6.29. The number of hydrogen-bond donors (Lipinski definition) is 2. The maximum absolute atomic E-state index is 11.4. The molecule has 0 amide bonds. The highest BCUT2D eigenvalue weighted by Crippen LogP contribution is 2.32. The number of β-amino-alcohol motifs (C(OH)–C–C–N with tert-alkyl or cyclic N) is 1. The minimum Gasteiger partial charge on any atom is -0.477 e. The Bertz CT molecular complexity index is 622. The Kier molecular flexibility index (Phi) is 3.26. The third-order valence-electron chi connectivity index (χ3n) is 3.52. The molecule has 2 N–H and O–H groups in total. The lowest BCUT2D eigenvalue weighted by Crippen LogP contribution is -2.22. The van der Waals surface area contributed by atoms with Gasteiger partial charge in [0.25, 0.3) is 0 Å². The van der Waals surface area contributed by atoms with Gasteiger partial charge in [-0.1, -0.05) is 18.2 Å². The largest absolute Gasteiger partial charge is 0.477 e. The zero-order valence-electron chi connectivity index (χ0n) is 10.4. The molecule has 0 saturated carbocycles. The topological polar surface area (TPSA) is 60.8 Å². The summed E-state index contributed by atoms with van der Waals surface area (Å²) in [5.74, 6) is -0.865. The predicted molar refractivity (Wildman–Crippen MR) is 74.7 cm³/mol. The summed E-state index contributed by atoms with van der Waals surface area (Å²) < 4.78 is 1.01. The van der Waals surface area contributed by atoms with Crippen LogP contribution in [0.5, 0.6) is 0 Å². The van der Waals surface area contributed by atoms with Crippen molar-refractivity contribution in [2.45, 2.75) is 19.1 Å².